The fourth-order valence-electron chi connectivity index (χ4n) is 3.48. The van der Waals surface area contributed by atoms with Crippen LogP contribution in [-0.2, 0) is 0 Å². The van der Waals surface area contributed by atoms with Gasteiger partial charge in [-0.2, -0.15) is 13.2 Å². The number of halogens is 4. The largest absolute Gasteiger partial charge is 0.483 e. The fourth-order valence-corrected chi connectivity index (χ4v) is 3.71. The van der Waals surface area contributed by atoms with Crippen LogP contribution in [-0.4, -0.2) is 49.9 Å². The number of hydrogen-bond acceptors (Lipinski definition) is 3. The second-order valence-corrected chi connectivity index (χ2v) is 7.13. The predicted molar refractivity (Wildman–Crippen MR) is 92.7 cm³/mol. The lowest BCUT2D eigenvalue weighted by Gasteiger charge is -2.21. The molecule has 0 aliphatic carbocycles. The fraction of sp³-hybridized carbons (Fsp3) is 0.588. The maximum absolute atomic E-state index is 12.5. The summed E-state index contributed by atoms with van der Waals surface area (Å²) in [7, 11) is 0. The predicted octanol–water partition coefficient (Wildman–Crippen LogP) is 3.74. The summed E-state index contributed by atoms with van der Waals surface area (Å²) < 4.78 is 41.3. The van der Waals surface area contributed by atoms with Crippen LogP contribution in [0.3, 0.4) is 0 Å². The van der Waals surface area contributed by atoms with Crippen LogP contribution in [0.4, 0.5) is 23.7 Å². The second-order valence-electron chi connectivity index (χ2n) is 6.72. The van der Waals surface area contributed by atoms with Crippen LogP contribution in [0.2, 0.25) is 5.02 Å². The van der Waals surface area contributed by atoms with Crippen molar-refractivity contribution >= 4 is 23.3 Å². The quantitative estimate of drug-likeness (QED) is 0.825. The van der Waals surface area contributed by atoms with Crippen molar-refractivity contribution in [2.45, 2.75) is 19.0 Å². The zero-order valence-electron chi connectivity index (χ0n) is 14.1. The number of anilines is 1. The normalized spacial score (nSPS) is 23.3. The SMILES string of the molecule is O=C(Nc1ccc(OCC(F)(F)F)c(Cl)c1)N1CC[C@@H]2CNC[C@@H]2CC1. The highest BCUT2D eigenvalue weighted by atomic mass is 35.5. The van der Waals surface area contributed by atoms with E-state index in [1.807, 2.05) is 0 Å². The molecule has 2 amide bonds. The first-order chi connectivity index (χ1) is 12.3. The summed E-state index contributed by atoms with van der Waals surface area (Å²) in [5, 5.41) is 6.16. The lowest BCUT2D eigenvalue weighted by Crippen LogP contribution is -2.36. The number of carbonyl (C=O) groups excluding carboxylic acids is 1. The Labute approximate surface area is 154 Å². The standard InChI is InChI=1S/C17H21ClF3N3O2/c18-14-7-13(1-2-15(14)26-10-17(19,20)21)23-16(25)24-5-3-11-8-22-9-12(11)4-6-24/h1-2,7,11-12,22H,3-6,8-10H2,(H,23,25)/t11-,12+. The van der Waals surface area contributed by atoms with Gasteiger partial charge in [0.05, 0.1) is 5.02 Å². The minimum Gasteiger partial charge on any atom is -0.483 e. The number of alkyl halides is 3. The molecule has 144 valence electrons. The molecule has 1 aromatic carbocycles. The Balaban J connectivity index is 1.56. The Hall–Kier alpha value is -1.67. The summed E-state index contributed by atoms with van der Waals surface area (Å²) in [5.41, 5.74) is 0.422. The van der Waals surface area contributed by atoms with E-state index in [1.165, 1.54) is 18.2 Å². The number of carbonyl (C=O) groups is 1. The molecule has 5 nitrogen and oxygen atoms in total. The highest BCUT2D eigenvalue weighted by Crippen LogP contribution is 2.30. The molecule has 2 saturated heterocycles. The van der Waals surface area contributed by atoms with Crippen LogP contribution >= 0.6 is 11.6 Å². The van der Waals surface area contributed by atoms with Crippen molar-refractivity contribution < 1.29 is 22.7 Å². The lowest BCUT2D eigenvalue weighted by atomic mass is 9.92. The Bertz CT molecular complexity index is 643. The monoisotopic (exact) mass is 391 g/mol. The smallest absolute Gasteiger partial charge is 0.422 e. The molecular formula is C17H21ClF3N3O2. The van der Waals surface area contributed by atoms with E-state index >= 15 is 0 Å². The van der Waals surface area contributed by atoms with Crippen molar-refractivity contribution in [3.05, 3.63) is 23.2 Å². The molecule has 0 aromatic heterocycles. The van der Waals surface area contributed by atoms with E-state index in [2.05, 4.69) is 15.4 Å². The van der Waals surface area contributed by atoms with Crippen LogP contribution in [0.5, 0.6) is 5.75 Å². The van der Waals surface area contributed by atoms with E-state index in [4.69, 9.17) is 11.6 Å². The first-order valence-corrected chi connectivity index (χ1v) is 8.95. The molecule has 9 heteroatoms. The third-order valence-electron chi connectivity index (χ3n) is 4.88. The van der Waals surface area contributed by atoms with Crippen LogP contribution < -0.4 is 15.4 Å². The third-order valence-corrected chi connectivity index (χ3v) is 5.18. The lowest BCUT2D eigenvalue weighted by molar-refractivity contribution is -0.153. The van der Waals surface area contributed by atoms with E-state index in [-0.39, 0.29) is 16.8 Å². The van der Waals surface area contributed by atoms with E-state index < -0.39 is 12.8 Å². The molecule has 0 radical (unpaired) electrons. The second kappa shape index (κ2) is 7.92. The third kappa shape index (κ3) is 4.94. The Kier molecular flexibility index (Phi) is 5.82. The van der Waals surface area contributed by atoms with Gasteiger partial charge < -0.3 is 20.3 Å². The van der Waals surface area contributed by atoms with Gasteiger partial charge in [0.2, 0.25) is 0 Å². The van der Waals surface area contributed by atoms with Gasteiger partial charge in [0.1, 0.15) is 5.75 Å². The average Bonchev–Trinajstić information content (AvgIpc) is 2.91. The van der Waals surface area contributed by atoms with Gasteiger partial charge >= 0.3 is 12.2 Å². The number of hydrogen-bond donors (Lipinski definition) is 2. The Morgan fingerprint density at radius 1 is 1.27 bits per heavy atom. The van der Waals surface area contributed by atoms with Gasteiger partial charge in [-0.15, -0.1) is 0 Å². The molecule has 2 heterocycles. The number of fused-ring (bicyclic) bond motifs is 1. The van der Waals surface area contributed by atoms with Gasteiger partial charge in [0.25, 0.3) is 0 Å². The highest BCUT2D eigenvalue weighted by molar-refractivity contribution is 6.32. The molecule has 2 aliphatic rings. The minimum atomic E-state index is -4.43. The number of urea groups is 1. The van der Waals surface area contributed by atoms with Gasteiger partial charge in [-0.1, -0.05) is 11.6 Å². The summed E-state index contributed by atoms with van der Waals surface area (Å²) in [6, 6.07) is 3.97. The van der Waals surface area contributed by atoms with Crippen molar-refractivity contribution in [2.24, 2.45) is 11.8 Å². The minimum absolute atomic E-state index is 0.0172. The Morgan fingerprint density at radius 2 is 1.92 bits per heavy atom. The zero-order chi connectivity index (χ0) is 18.7. The molecule has 3 rings (SSSR count). The van der Waals surface area contributed by atoms with E-state index in [1.54, 1.807) is 4.90 Å². The molecule has 1 aromatic rings. The number of likely N-dealkylation sites (tertiary alicyclic amines) is 1. The highest BCUT2D eigenvalue weighted by Gasteiger charge is 2.31. The molecule has 26 heavy (non-hydrogen) atoms. The number of nitrogens with zero attached hydrogens (tertiary/aromatic N) is 1. The van der Waals surface area contributed by atoms with Crippen molar-refractivity contribution in [1.29, 1.82) is 0 Å². The molecule has 2 N–H and O–H groups in total. The van der Waals surface area contributed by atoms with Gasteiger partial charge in [0.15, 0.2) is 6.61 Å². The van der Waals surface area contributed by atoms with Crippen molar-refractivity contribution in [3.63, 3.8) is 0 Å². The summed E-state index contributed by atoms with van der Waals surface area (Å²) in [5.74, 6) is 1.16. The summed E-state index contributed by atoms with van der Waals surface area (Å²) in [6.45, 7) is 1.98. The summed E-state index contributed by atoms with van der Waals surface area (Å²) in [4.78, 5) is 14.2. The number of benzene rings is 1. The average molecular weight is 392 g/mol. The maximum atomic E-state index is 12.5. The van der Waals surface area contributed by atoms with E-state index in [0.717, 1.165) is 25.9 Å². The van der Waals surface area contributed by atoms with Gasteiger partial charge in [-0.25, -0.2) is 4.79 Å². The summed E-state index contributed by atoms with van der Waals surface area (Å²) >= 11 is 5.95. The molecule has 0 bridgehead atoms. The molecule has 2 atom stereocenters. The van der Waals surface area contributed by atoms with Gasteiger partial charge in [-0.3, -0.25) is 0 Å². The van der Waals surface area contributed by atoms with Crippen molar-refractivity contribution in [2.75, 3.05) is 38.1 Å². The number of ether oxygens (including phenoxy) is 1. The van der Waals surface area contributed by atoms with Crippen molar-refractivity contribution in [1.82, 2.24) is 10.2 Å². The van der Waals surface area contributed by atoms with Crippen LogP contribution in [0.15, 0.2) is 18.2 Å². The first-order valence-electron chi connectivity index (χ1n) is 8.57. The van der Waals surface area contributed by atoms with Crippen molar-refractivity contribution in [3.8, 4) is 5.75 Å². The first kappa shape index (κ1) is 19.1. The topological polar surface area (TPSA) is 53.6 Å². The molecule has 2 aliphatic heterocycles. The molecule has 2 fully saturated rings. The number of rotatable bonds is 3. The van der Waals surface area contributed by atoms with Crippen LogP contribution in [0.25, 0.3) is 0 Å². The molecular weight excluding hydrogens is 371 g/mol. The van der Waals surface area contributed by atoms with Crippen LogP contribution in [0, 0.1) is 11.8 Å². The Morgan fingerprint density at radius 3 is 2.50 bits per heavy atom. The number of nitrogens with one attached hydrogen (secondary N) is 2. The molecule has 0 unspecified atom stereocenters. The van der Waals surface area contributed by atoms with E-state index in [9.17, 15) is 18.0 Å². The van der Waals surface area contributed by atoms with Gasteiger partial charge in [0, 0.05) is 18.8 Å². The molecule has 0 spiro atoms. The van der Waals surface area contributed by atoms with Gasteiger partial charge in [-0.05, 0) is 56.0 Å². The summed E-state index contributed by atoms with van der Waals surface area (Å²) in [6.07, 6.45) is -2.50. The number of amides is 2. The molecule has 0 saturated carbocycles. The van der Waals surface area contributed by atoms with Crippen LogP contribution in [0.1, 0.15) is 12.8 Å². The van der Waals surface area contributed by atoms with E-state index in [0.29, 0.717) is 30.6 Å². The maximum Gasteiger partial charge on any atom is 0.422 e. The zero-order valence-corrected chi connectivity index (χ0v) is 14.9.